The van der Waals surface area contributed by atoms with Gasteiger partial charge in [0.05, 0.1) is 6.04 Å². The van der Waals surface area contributed by atoms with Gasteiger partial charge >= 0.3 is 0 Å². The van der Waals surface area contributed by atoms with Crippen molar-refractivity contribution in [1.82, 2.24) is 5.32 Å². The number of aryl methyl sites for hydroxylation is 1. The van der Waals surface area contributed by atoms with Gasteiger partial charge in [-0.05, 0) is 43.9 Å². The van der Waals surface area contributed by atoms with Gasteiger partial charge in [0.2, 0.25) is 5.91 Å². The van der Waals surface area contributed by atoms with Crippen LogP contribution in [0.5, 0.6) is 0 Å². The molecule has 0 bridgehead atoms. The molecule has 3 atom stereocenters. The molecule has 2 rings (SSSR count). The second-order valence-electron chi connectivity index (χ2n) is 5.51. The highest BCUT2D eigenvalue weighted by molar-refractivity contribution is 7.99. The lowest BCUT2D eigenvalue weighted by atomic mass is 10.0. The van der Waals surface area contributed by atoms with E-state index in [0.29, 0.717) is 17.7 Å². The number of carbonyl (C=O) groups excluding carboxylic acids is 1. The van der Waals surface area contributed by atoms with E-state index < -0.39 is 6.04 Å². The molecular formula is C16H24N2OS. The minimum atomic E-state index is -0.400. The largest absolute Gasteiger partial charge is 0.352 e. The molecule has 0 spiro atoms. The van der Waals surface area contributed by atoms with Gasteiger partial charge in [0.25, 0.3) is 0 Å². The normalized spacial score (nSPS) is 23.5. The Labute approximate surface area is 125 Å². The van der Waals surface area contributed by atoms with E-state index in [1.807, 2.05) is 30.0 Å². The molecule has 0 aromatic heterocycles. The van der Waals surface area contributed by atoms with Gasteiger partial charge in [0.1, 0.15) is 0 Å². The molecule has 1 aromatic carbocycles. The van der Waals surface area contributed by atoms with Gasteiger partial charge in [-0.1, -0.05) is 30.3 Å². The predicted octanol–water partition coefficient (Wildman–Crippen LogP) is 2.35. The molecule has 1 fully saturated rings. The van der Waals surface area contributed by atoms with E-state index in [-0.39, 0.29) is 5.91 Å². The lowest BCUT2D eigenvalue weighted by molar-refractivity contribution is -0.123. The summed E-state index contributed by atoms with van der Waals surface area (Å²) in [6, 6.07) is 10.1. The quantitative estimate of drug-likeness (QED) is 0.846. The van der Waals surface area contributed by atoms with Crippen LogP contribution in [-0.4, -0.2) is 29.5 Å². The third kappa shape index (κ3) is 4.53. The fraction of sp³-hybridized carbons (Fsp3) is 0.562. The number of nitrogens with one attached hydrogen (secondary N) is 1. The molecule has 0 saturated heterocycles. The predicted molar refractivity (Wildman–Crippen MR) is 85.8 cm³/mol. The fourth-order valence-electron chi connectivity index (χ4n) is 2.69. The molecule has 1 amide bonds. The fourth-order valence-corrected chi connectivity index (χ4v) is 3.49. The standard InChI is InChI=1S/C16H24N2OS/c1-20-14-9-8-13(11-14)18-16(19)15(17)10-7-12-5-3-2-4-6-12/h2-6,13-15H,7-11,17H2,1H3,(H,18,19)/t13?,14?,15-/m0/s1. The van der Waals surface area contributed by atoms with Gasteiger partial charge in [-0.15, -0.1) is 0 Å². The van der Waals surface area contributed by atoms with Crippen LogP contribution in [0.3, 0.4) is 0 Å². The lowest BCUT2D eigenvalue weighted by Gasteiger charge is -2.17. The van der Waals surface area contributed by atoms with Crippen molar-refractivity contribution in [3.8, 4) is 0 Å². The molecule has 0 heterocycles. The highest BCUT2D eigenvalue weighted by Crippen LogP contribution is 2.28. The topological polar surface area (TPSA) is 55.1 Å². The molecule has 4 heteroatoms. The average molecular weight is 292 g/mol. The molecule has 1 saturated carbocycles. The Bertz CT molecular complexity index is 424. The third-order valence-corrected chi connectivity index (χ3v) is 5.08. The number of carbonyl (C=O) groups is 1. The number of amides is 1. The Morgan fingerprint density at radius 2 is 2.15 bits per heavy atom. The van der Waals surface area contributed by atoms with Crippen LogP contribution in [0.1, 0.15) is 31.2 Å². The van der Waals surface area contributed by atoms with Crippen molar-refractivity contribution < 1.29 is 4.79 Å². The zero-order valence-electron chi connectivity index (χ0n) is 12.0. The summed E-state index contributed by atoms with van der Waals surface area (Å²) in [5.74, 6) is 0.00711. The summed E-state index contributed by atoms with van der Waals surface area (Å²) in [5.41, 5.74) is 7.23. The summed E-state index contributed by atoms with van der Waals surface area (Å²) in [6.07, 6.45) is 7.06. The van der Waals surface area contributed by atoms with Crippen molar-refractivity contribution in [2.24, 2.45) is 5.73 Å². The molecule has 0 radical (unpaired) electrons. The van der Waals surface area contributed by atoms with Crippen LogP contribution in [0, 0.1) is 0 Å². The van der Waals surface area contributed by atoms with E-state index in [9.17, 15) is 4.79 Å². The molecule has 2 unspecified atom stereocenters. The van der Waals surface area contributed by atoms with Crippen molar-refractivity contribution in [3.05, 3.63) is 35.9 Å². The van der Waals surface area contributed by atoms with Gasteiger partial charge in [-0.25, -0.2) is 0 Å². The minimum Gasteiger partial charge on any atom is -0.352 e. The van der Waals surface area contributed by atoms with Crippen molar-refractivity contribution >= 4 is 17.7 Å². The van der Waals surface area contributed by atoms with Crippen LogP contribution in [0.25, 0.3) is 0 Å². The number of hydrogen-bond donors (Lipinski definition) is 2. The van der Waals surface area contributed by atoms with Crippen LogP contribution < -0.4 is 11.1 Å². The van der Waals surface area contributed by atoms with Crippen LogP contribution >= 0.6 is 11.8 Å². The van der Waals surface area contributed by atoms with Crippen molar-refractivity contribution in [2.45, 2.75) is 49.4 Å². The van der Waals surface area contributed by atoms with Gasteiger partial charge in [0.15, 0.2) is 0 Å². The Morgan fingerprint density at radius 3 is 2.80 bits per heavy atom. The molecule has 20 heavy (non-hydrogen) atoms. The molecule has 1 aliphatic carbocycles. The molecule has 1 aliphatic rings. The van der Waals surface area contributed by atoms with Gasteiger partial charge in [-0.2, -0.15) is 11.8 Å². The number of hydrogen-bond acceptors (Lipinski definition) is 3. The highest BCUT2D eigenvalue weighted by Gasteiger charge is 2.26. The van der Waals surface area contributed by atoms with E-state index in [2.05, 4.69) is 23.7 Å². The second kappa shape index (κ2) is 7.70. The van der Waals surface area contributed by atoms with Gasteiger partial charge < -0.3 is 11.1 Å². The van der Waals surface area contributed by atoms with Crippen LogP contribution in [0.2, 0.25) is 0 Å². The van der Waals surface area contributed by atoms with E-state index in [0.717, 1.165) is 19.3 Å². The molecule has 110 valence electrons. The first-order valence-electron chi connectivity index (χ1n) is 7.31. The molecule has 1 aromatic rings. The van der Waals surface area contributed by atoms with Crippen molar-refractivity contribution in [2.75, 3.05) is 6.26 Å². The molecule has 0 aliphatic heterocycles. The number of thioether (sulfide) groups is 1. The maximum atomic E-state index is 12.1. The third-order valence-electron chi connectivity index (χ3n) is 3.99. The highest BCUT2D eigenvalue weighted by atomic mass is 32.2. The summed E-state index contributed by atoms with van der Waals surface area (Å²) in [4.78, 5) is 12.1. The maximum Gasteiger partial charge on any atom is 0.237 e. The smallest absolute Gasteiger partial charge is 0.237 e. The number of benzene rings is 1. The summed E-state index contributed by atoms with van der Waals surface area (Å²) < 4.78 is 0. The first-order valence-corrected chi connectivity index (χ1v) is 8.60. The lowest BCUT2D eigenvalue weighted by Crippen LogP contribution is -2.44. The number of nitrogens with two attached hydrogens (primary N) is 1. The van der Waals surface area contributed by atoms with E-state index in [1.54, 1.807) is 0 Å². The summed E-state index contributed by atoms with van der Waals surface area (Å²) in [5, 5.41) is 3.80. The summed E-state index contributed by atoms with van der Waals surface area (Å²) in [6.45, 7) is 0. The zero-order valence-corrected chi connectivity index (χ0v) is 12.9. The van der Waals surface area contributed by atoms with Gasteiger partial charge in [0, 0.05) is 11.3 Å². The SMILES string of the molecule is CSC1CCC(NC(=O)[C@@H](N)CCc2ccccc2)C1. The second-order valence-corrected chi connectivity index (χ2v) is 6.65. The van der Waals surface area contributed by atoms with Crippen LogP contribution in [-0.2, 0) is 11.2 Å². The Hall–Kier alpha value is -1.00. The van der Waals surface area contributed by atoms with Crippen LogP contribution in [0.15, 0.2) is 30.3 Å². The first kappa shape index (κ1) is 15.4. The molecule has 3 N–H and O–H groups in total. The van der Waals surface area contributed by atoms with Crippen LogP contribution in [0.4, 0.5) is 0 Å². The molecule has 3 nitrogen and oxygen atoms in total. The van der Waals surface area contributed by atoms with E-state index in [4.69, 9.17) is 5.73 Å². The minimum absolute atomic E-state index is 0.00711. The van der Waals surface area contributed by atoms with Crippen molar-refractivity contribution in [1.29, 1.82) is 0 Å². The van der Waals surface area contributed by atoms with Crippen molar-refractivity contribution in [3.63, 3.8) is 0 Å². The van der Waals surface area contributed by atoms with E-state index >= 15 is 0 Å². The number of rotatable bonds is 6. The average Bonchev–Trinajstić information content (AvgIpc) is 2.93. The summed E-state index contributed by atoms with van der Waals surface area (Å²) >= 11 is 1.90. The first-order chi connectivity index (χ1) is 9.69. The summed E-state index contributed by atoms with van der Waals surface area (Å²) in [7, 11) is 0. The Balaban J connectivity index is 1.72. The monoisotopic (exact) mass is 292 g/mol. The Morgan fingerprint density at radius 1 is 1.40 bits per heavy atom. The zero-order chi connectivity index (χ0) is 14.4. The maximum absolute atomic E-state index is 12.1. The van der Waals surface area contributed by atoms with E-state index in [1.165, 1.54) is 12.0 Å². The van der Waals surface area contributed by atoms with Gasteiger partial charge in [-0.3, -0.25) is 4.79 Å². The Kier molecular flexibility index (Phi) is 5.92. The molecular weight excluding hydrogens is 268 g/mol.